The molecule has 0 saturated carbocycles. The molecule has 1 N–H and O–H groups in total. The van der Waals surface area contributed by atoms with E-state index in [1.54, 1.807) is 19.1 Å². The van der Waals surface area contributed by atoms with Crippen LogP contribution in [0.25, 0.3) is 0 Å². The topological polar surface area (TPSA) is 46.5 Å². The lowest BCUT2D eigenvalue weighted by molar-refractivity contribution is 0.0600. The summed E-state index contributed by atoms with van der Waals surface area (Å²) in [4.78, 5) is 11.4. The first-order valence-electron chi connectivity index (χ1n) is 7.12. The van der Waals surface area contributed by atoms with Crippen LogP contribution in [0.1, 0.15) is 34.3 Å². The summed E-state index contributed by atoms with van der Waals surface area (Å²) in [5, 5.41) is 10.7. The van der Waals surface area contributed by atoms with E-state index < -0.39 is 6.10 Å². The molecule has 0 fully saturated rings. The minimum absolute atomic E-state index is 0.0531. The lowest BCUT2D eigenvalue weighted by atomic mass is 9.88. The molecule has 2 aromatic carbocycles. The molecule has 0 bridgehead atoms. The Morgan fingerprint density at radius 2 is 1.91 bits per heavy atom. The summed E-state index contributed by atoms with van der Waals surface area (Å²) >= 11 is 6.04. The molecule has 0 heterocycles. The number of benzene rings is 2. The summed E-state index contributed by atoms with van der Waals surface area (Å²) in [7, 11) is 1.36. The smallest absolute Gasteiger partial charge is 0.337 e. The highest BCUT2D eigenvalue weighted by atomic mass is 35.5. The predicted molar refractivity (Wildman–Crippen MR) is 87.4 cm³/mol. The Labute approximate surface area is 135 Å². The molecular formula is C18H19ClO3. The van der Waals surface area contributed by atoms with Gasteiger partial charge >= 0.3 is 5.97 Å². The van der Waals surface area contributed by atoms with Crippen LogP contribution in [0.3, 0.4) is 0 Å². The molecule has 2 unspecified atom stereocenters. The third kappa shape index (κ3) is 4.09. The highest BCUT2D eigenvalue weighted by molar-refractivity contribution is 6.30. The van der Waals surface area contributed by atoms with Crippen LogP contribution >= 0.6 is 11.6 Å². The molecule has 0 aliphatic carbocycles. The fourth-order valence-electron chi connectivity index (χ4n) is 2.45. The quantitative estimate of drug-likeness (QED) is 0.852. The van der Waals surface area contributed by atoms with Crippen molar-refractivity contribution in [1.29, 1.82) is 0 Å². The average molecular weight is 319 g/mol. The van der Waals surface area contributed by atoms with E-state index in [0.29, 0.717) is 17.0 Å². The standard InChI is InChI=1S/C18H19ClO3/c1-12(20)17(15-4-3-5-16(19)11-15)10-13-6-8-14(9-7-13)18(21)22-2/h3-9,11-12,17,20H,10H2,1-2H3. The van der Waals surface area contributed by atoms with Crippen LogP contribution in [0.5, 0.6) is 0 Å². The Morgan fingerprint density at radius 3 is 2.45 bits per heavy atom. The Balaban J connectivity index is 2.20. The van der Waals surface area contributed by atoms with E-state index in [1.165, 1.54) is 7.11 Å². The van der Waals surface area contributed by atoms with Gasteiger partial charge in [0.1, 0.15) is 0 Å². The van der Waals surface area contributed by atoms with Crippen molar-refractivity contribution in [1.82, 2.24) is 0 Å². The molecule has 22 heavy (non-hydrogen) atoms. The van der Waals surface area contributed by atoms with Crippen LogP contribution in [0.2, 0.25) is 5.02 Å². The highest BCUT2D eigenvalue weighted by Gasteiger charge is 2.18. The normalized spacial score (nSPS) is 13.5. The SMILES string of the molecule is COC(=O)c1ccc(CC(c2cccc(Cl)c2)C(C)O)cc1. The number of carbonyl (C=O) groups is 1. The van der Waals surface area contributed by atoms with Crippen molar-refractivity contribution in [3.63, 3.8) is 0 Å². The van der Waals surface area contributed by atoms with Crippen molar-refractivity contribution >= 4 is 17.6 Å². The van der Waals surface area contributed by atoms with Crippen LogP contribution in [-0.2, 0) is 11.2 Å². The molecule has 0 aromatic heterocycles. The van der Waals surface area contributed by atoms with Gasteiger partial charge in [-0.05, 0) is 48.7 Å². The molecule has 0 aliphatic rings. The van der Waals surface area contributed by atoms with Crippen LogP contribution in [0.4, 0.5) is 0 Å². The van der Waals surface area contributed by atoms with Crippen molar-refractivity contribution < 1.29 is 14.6 Å². The maximum absolute atomic E-state index is 11.4. The molecule has 0 radical (unpaired) electrons. The van der Waals surface area contributed by atoms with Gasteiger partial charge in [-0.2, -0.15) is 0 Å². The molecule has 3 nitrogen and oxygen atoms in total. The second-order valence-electron chi connectivity index (χ2n) is 5.29. The number of halogens is 1. The minimum Gasteiger partial charge on any atom is -0.465 e. The van der Waals surface area contributed by atoms with E-state index in [4.69, 9.17) is 11.6 Å². The van der Waals surface area contributed by atoms with E-state index in [1.807, 2.05) is 36.4 Å². The Morgan fingerprint density at radius 1 is 1.23 bits per heavy atom. The lowest BCUT2D eigenvalue weighted by Gasteiger charge is -2.21. The number of aliphatic hydroxyl groups is 1. The van der Waals surface area contributed by atoms with Crippen molar-refractivity contribution in [3.8, 4) is 0 Å². The van der Waals surface area contributed by atoms with Crippen LogP contribution in [0, 0.1) is 0 Å². The van der Waals surface area contributed by atoms with Gasteiger partial charge in [0, 0.05) is 10.9 Å². The Hall–Kier alpha value is -1.84. The molecule has 2 aromatic rings. The number of methoxy groups -OCH3 is 1. The van der Waals surface area contributed by atoms with Crippen molar-refractivity contribution in [2.45, 2.75) is 25.4 Å². The number of hydrogen-bond donors (Lipinski definition) is 1. The number of aliphatic hydroxyl groups excluding tert-OH is 1. The highest BCUT2D eigenvalue weighted by Crippen LogP contribution is 2.26. The van der Waals surface area contributed by atoms with Gasteiger partial charge in [-0.15, -0.1) is 0 Å². The zero-order chi connectivity index (χ0) is 16.1. The summed E-state index contributed by atoms with van der Waals surface area (Å²) in [6.07, 6.45) is 0.165. The van der Waals surface area contributed by atoms with E-state index in [0.717, 1.165) is 11.1 Å². The Bertz CT molecular complexity index is 635. The molecule has 0 aliphatic heterocycles. The van der Waals surface area contributed by atoms with Crippen molar-refractivity contribution in [2.24, 2.45) is 0 Å². The zero-order valence-corrected chi connectivity index (χ0v) is 13.4. The first-order chi connectivity index (χ1) is 10.5. The number of carbonyl (C=O) groups excluding carboxylic acids is 1. The second kappa shape index (κ2) is 7.43. The average Bonchev–Trinajstić information content (AvgIpc) is 2.52. The summed E-state index contributed by atoms with van der Waals surface area (Å²) in [6, 6.07) is 14.8. The van der Waals surface area contributed by atoms with Gasteiger partial charge < -0.3 is 9.84 Å². The van der Waals surface area contributed by atoms with Gasteiger partial charge in [0.25, 0.3) is 0 Å². The predicted octanol–water partition coefficient (Wildman–Crippen LogP) is 3.83. The van der Waals surface area contributed by atoms with E-state index >= 15 is 0 Å². The largest absolute Gasteiger partial charge is 0.465 e. The monoisotopic (exact) mass is 318 g/mol. The molecule has 0 saturated heterocycles. The number of rotatable bonds is 5. The molecule has 2 rings (SSSR count). The van der Waals surface area contributed by atoms with Crippen LogP contribution in [0.15, 0.2) is 48.5 Å². The third-order valence-corrected chi connectivity index (χ3v) is 3.92. The second-order valence-corrected chi connectivity index (χ2v) is 5.73. The molecule has 2 atom stereocenters. The van der Waals surface area contributed by atoms with E-state index in [2.05, 4.69) is 4.74 Å². The van der Waals surface area contributed by atoms with Gasteiger partial charge in [-0.1, -0.05) is 35.9 Å². The summed E-state index contributed by atoms with van der Waals surface area (Å²) in [6.45, 7) is 1.77. The van der Waals surface area contributed by atoms with Gasteiger partial charge in [0.05, 0.1) is 18.8 Å². The maximum atomic E-state index is 11.4. The van der Waals surface area contributed by atoms with Crippen LogP contribution < -0.4 is 0 Å². The van der Waals surface area contributed by atoms with Gasteiger partial charge in [0.2, 0.25) is 0 Å². The minimum atomic E-state index is -0.501. The van der Waals surface area contributed by atoms with Gasteiger partial charge in [-0.3, -0.25) is 0 Å². The van der Waals surface area contributed by atoms with E-state index in [9.17, 15) is 9.90 Å². The molecule has 0 amide bonds. The first kappa shape index (κ1) is 16.5. The maximum Gasteiger partial charge on any atom is 0.337 e. The van der Waals surface area contributed by atoms with Crippen molar-refractivity contribution in [3.05, 3.63) is 70.2 Å². The Kier molecular flexibility index (Phi) is 5.58. The summed E-state index contributed by atoms with van der Waals surface area (Å²) in [5.74, 6) is -0.406. The van der Waals surface area contributed by atoms with Crippen molar-refractivity contribution in [2.75, 3.05) is 7.11 Å². The fourth-order valence-corrected chi connectivity index (χ4v) is 2.65. The molecular weight excluding hydrogens is 300 g/mol. The lowest BCUT2D eigenvalue weighted by Crippen LogP contribution is -2.17. The number of esters is 1. The number of hydrogen-bond acceptors (Lipinski definition) is 3. The zero-order valence-electron chi connectivity index (χ0n) is 12.6. The summed E-state index contributed by atoms with van der Waals surface area (Å²) in [5.41, 5.74) is 2.56. The van der Waals surface area contributed by atoms with E-state index in [-0.39, 0.29) is 11.9 Å². The third-order valence-electron chi connectivity index (χ3n) is 3.69. The number of ether oxygens (including phenoxy) is 1. The fraction of sp³-hybridized carbons (Fsp3) is 0.278. The molecule has 116 valence electrons. The molecule has 4 heteroatoms. The summed E-state index contributed by atoms with van der Waals surface area (Å²) < 4.78 is 4.68. The first-order valence-corrected chi connectivity index (χ1v) is 7.50. The van der Waals surface area contributed by atoms with Crippen LogP contribution in [-0.4, -0.2) is 24.3 Å². The molecule has 0 spiro atoms. The van der Waals surface area contributed by atoms with Gasteiger partial charge in [0.15, 0.2) is 0 Å². The van der Waals surface area contributed by atoms with Gasteiger partial charge in [-0.25, -0.2) is 4.79 Å².